The third-order valence-electron chi connectivity index (χ3n) is 5.41. The number of nitrogens with one attached hydrogen (secondary N) is 1. The maximum atomic E-state index is 13.2. The Morgan fingerprint density at radius 1 is 1.16 bits per heavy atom. The van der Waals surface area contributed by atoms with E-state index in [-0.39, 0.29) is 0 Å². The molecule has 0 saturated carbocycles. The van der Waals surface area contributed by atoms with E-state index in [9.17, 15) is 9.59 Å². The van der Waals surface area contributed by atoms with Crippen LogP contribution in [-0.2, 0) is 22.5 Å². The molecule has 0 atom stereocenters. The standard InChI is InChI=1S/C24H23Cl2N3O3/c1-2-10-29-11-9-21-17(13-29)23(16-5-3-4-6-20(16)28-21)24(31)32-14-22(30)27-15-7-8-18(25)19(26)12-15/h3-8,12H,2,9-11,13-14H2,1H3,(H,27,30). The van der Waals surface area contributed by atoms with Crippen molar-refractivity contribution in [2.24, 2.45) is 0 Å². The lowest BCUT2D eigenvalue weighted by Gasteiger charge is -2.29. The first-order valence-corrected chi connectivity index (χ1v) is 11.3. The molecular formula is C24H23Cl2N3O3. The highest BCUT2D eigenvalue weighted by molar-refractivity contribution is 6.42. The molecular weight excluding hydrogens is 449 g/mol. The minimum absolute atomic E-state index is 0.327. The van der Waals surface area contributed by atoms with Crippen molar-refractivity contribution in [2.45, 2.75) is 26.3 Å². The number of amides is 1. The smallest absolute Gasteiger partial charge is 0.339 e. The van der Waals surface area contributed by atoms with E-state index < -0.39 is 18.5 Å². The fraction of sp³-hybridized carbons (Fsp3) is 0.292. The molecule has 0 radical (unpaired) electrons. The van der Waals surface area contributed by atoms with Crippen LogP contribution in [0.15, 0.2) is 42.5 Å². The van der Waals surface area contributed by atoms with Crippen molar-refractivity contribution in [1.82, 2.24) is 9.88 Å². The molecule has 1 aliphatic rings. The van der Waals surface area contributed by atoms with E-state index in [0.29, 0.717) is 27.8 Å². The van der Waals surface area contributed by atoms with Crippen molar-refractivity contribution >= 4 is 51.7 Å². The number of ether oxygens (including phenoxy) is 1. The van der Waals surface area contributed by atoms with Crippen LogP contribution >= 0.6 is 23.2 Å². The van der Waals surface area contributed by atoms with E-state index >= 15 is 0 Å². The van der Waals surface area contributed by atoms with Gasteiger partial charge in [-0.25, -0.2) is 4.79 Å². The van der Waals surface area contributed by atoms with Crippen LogP contribution in [0, 0.1) is 0 Å². The van der Waals surface area contributed by atoms with Crippen LogP contribution in [-0.4, -0.2) is 41.5 Å². The molecule has 1 aromatic heterocycles. The molecule has 0 spiro atoms. The van der Waals surface area contributed by atoms with Crippen LogP contribution in [0.25, 0.3) is 10.9 Å². The third kappa shape index (κ3) is 4.88. The number of carbonyl (C=O) groups is 2. The summed E-state index contributed by atoms with van der Waals surface area (Å²) in [6, 6.07) is 12.3. The first-order valence-electron chi connectivity index (χ1n) is 10.5. The highest BCUT2D eigenvalue weighted by Gasteiger charge is 2.26. The van der Waals surface area contributed by atoms with Crippen LogP contribution in [0.4, 0.5) is 5.69 Å². The van der Waals surface area contributed by atoms with Crippen LogP contribution in [0.3, 0.4) is 0 Å². The summed E-state index contributed by atoms with van der Waals surface area (Å²) in [6.07, 6.45) is 1.81. The number of para-hydroxylation sites is 1. The number of halogens is 2. The fourth-order valence-electron chi connectivity index (χ4n) is 3.96. The second-order valence-electron chi connectivity index (χ2n) is 7.71. The zero-order valence-electron chi connectivity index (χ0n) is 17.7. The van der Waals surface area contributed by atoms with Gasteiger partial charge in [0.25, 0.3) is 5.91 Å². The predicted octanol–water partition coefficient (Wildman–Crippen LogP) is 5.11. The van der Waals surface area contributed by atoms with E-state index in [1.807, 2.05) is 24.3 Å². The molecule has 32 heavy (non-hydrogen) atoms. The number of anilines is 1. The topological polar surface area (TPSA) is 71.5 Å². The largest absolute Gasteiger partial charge is 0.452 e. The molecule has 3 aromatic rings. The van der Waals surface area contributed by atoms with Gasteiger partial charge in [0.1, 0.15) is 0 Å². The first kappa shape index (κ1) is 22.5. The molecule has 8 heteroatoms. The monoisotopic (exact) mass is 471 g/mol. The summed E-state index contributed by atoms with van der Waals surface area (Å²) >= 11 is 11.9. The number of rotatable bonds is 6. The number of benzene rings is 2. The minimum Gasteiger partial charge on any atom is -0.452 e. The maximum absolute atomic E-state index is 13.2. The molecule has 166 valence electrons. The predicted molar refractivity (Wildman–Crippen MR) is 126 cm³/mol. The molecule has 1 amide bonds. The number of hydrogen-bond acceptors (Lipinski definition) is 5. The van der Waals surface area contributed by atoms with Crippen molar-refractivity contribution in [3.8, 4) is 0 Å². The maximum Gasteiger partial charge on any atom is 0.339 e. The average molecular weight is 472 g/mol. The summed E-state index contributed by atoms with van der Waals surface area (Å²) in [5, 5.41) is 4.11. The van der Waals surface area contributed by atoms with Gasteiger partial charge in [-0.3, -0.25) is 14.7 Å². The highest BCUT2D eigenvalue weighted by Crippen LogP contribution is 2.29. The Bertz CT molecular complexity index is 1180. The summed E-state index contributed by atoms with van der Waals surface area (Å²) in [6.45, 7) is 4.22. The van der Waals surface area contributed by atoms with Crippen LogP contribution in [0.2, 0.25) is 10.0 Å². The normalized spacial score (nSPS) is 13.6. The molecule has 4 rings (SSSR count). The number of carbonyl (C=O) groups excluding carboxylic acids is 2. The van der Waals surface area contributed by atoms with E-state index in [4.69, 9.17) is 32.9 Å². The van der Waals surface area contributed by atoms with Crippen LogP contribution in [0.1, 0.15) is 35.0 Å². The number of fused-ring (bicyclic) bond motifs is 2. The zero-order valence-corrected chi connectivity index (χ0v) is 19.2. The molecule has 0 aliphatic carbocycles. The minimum atomic E-state index is -0.525. The highest BCUT2D eigenvalue weighted by atomic mass is 35.5. The second kappa shape index (κ2) is 9.86. The van der Waals surface area contributed by atoms with Gasteiger partial charge in [0.15, 0.2) is 6.61 Å². The molecule has 2 aromatic carbocycles. The number of pyridine rings is 1. The number of esters is 1. The number of hydrogen-bond donors (Lipinski definition) is 1. The van der Waals surface area contributed by atoms with Crippen LogP contribution in [0.5, 0.6) is 0 Å². The van der Waals surface area contributed by atoms with Gasteiger partial charge in [-0.1, -0.05) is 48.3 Å². The quantitative estimate of drug-likeness (QED) is 0.506. The lowest BCUT2D eigenvalue weighted by Crippen LogP contribution is -2.33. The molecule has 0 saturated heterocycles. The first-order chi connectivity index (χ1) is 15.5. The van der Waals surface area contributed by atoms with Gasteiger partial charge in [0.05, 0.1) is 21.1 Å². The van der Waals surface area contributed by atoms with Crippen molar-refractivity contribution in [2.75, 3.05) is 25.0 Å². The molecule has 1 N–H and O–H groups in total. The zero-order chi connectivity index (χ0) is 22.7. The van der Waals surface area contributed by atoms with Crippen molar-refractivity contribution in [3.05, 3.63) is 69.3 Å². The SMILES string of the molecule is CCCN1CCc2nc3ccccc3c(C(=O)OCC(=O)Nc3ccc(Cl)c(Cl)c3)c2C1. The van der Waals surface area contributed by atoms with Crippen molar-refractivity contribution in [3.63, 3.8) is 0 Å². The second-order valence-corrected chi connectivity index (χ2v) is 8.52. The number of aromatic nitrogens is 1. The molecule has 6 nitrogen and oxygen atoms in total. The van der Waals surface area contributed by atoms with E-state index in [1.54, 1.807) is 18.2 Å². The van der Waals surface area contributed by atoms with Gasteiger partial charge < -0.3 is 10.1 Å². The number of nitrogens with zero attached hydrogens (tertiary/aromatic N) is 2. The van der Waals surface area contributed by atoms with E-state index in [2.05, 4.69) is 17.1 Å². The van der Waals surface area contributed by atoms with Gasteiger partial charge in [-0.05, 0) is 37.2 Å². The summed E-state index contributed by atoms with van der Waals surface area (Å²) in [5.41, 5.74) is 3.53. The van der Waals surface area contributed by atoms with Gasteiger partial charge >= 0.3 is 5.97 Å². The van der Waals surface area contributed by atoms with Gasteiger partial charge in [0, 0.05) is 41.8 Å². The van der Waals surface area contributed by atoms with E-state index in [0.717, 1.165) is 48.1 Å². The third-order valence-corrected chi connectivity index (χ3v) is 6.15. The summed E-state index contributed by atoms with van der Waals surface area (Å²) in [5.74, 6) is -0.987. The Morgan fingerprint density at radius 2 is 1.97 bits per heavy atom. The summed E-state index contributed by atoms with van der Waals surface area (Å²) < 4.78 is 5.43. The van der Waals surface area contributed by atoms with Gasteiger partial charge in [-0.15, -0.1) is 0 Å². The average Bonchev–Trinajstić information content (AvgIpc) is 2.78. The molecule has 0 unspecified atom stereocenters. The Balaban J connectivity index is 1.55. The Labute approximate surface area is 196 Å². The molecule has 0 bridgehead atoms. The fourth-order valence-corrected chi connectivity index (χ4v) is 4.26. The Kier molecular flexibility index (Phi) is 6.94. The summed E-state index contributed by atoms with van der Waals surface area (Å²) in [4.78, 5) is 32.6. The lowest BCUT2D eigenvalue weighted by molar-refractivity contribution is -0.119. The lowest BCUT2D eigenvalue weighted by atomic mass is 9.95. The molecule has 0 fully saturated rings. The molecule has 1 aliphatic heterocycles. The summed E-state index contributed by atoms with van der Waals surface area (Å²) in [7, 11) is 0. The van der Waals surface area contributed by atoms with Crippen molar-refractivity contribution < 1.29 is 14.3 Å². The Hall–Kier alpha value is -2.67. The van der Waals surface area contributed by atoms with E-state index in [1.165, 1.54) is 0 Å². The Morgan fingerprint density at radius 3 is 2.75 bits per heavy atom. The van der Waals surface area contributed by atoms with Crippen molar-refractivity contribution in [1.29, 1.82) is 0 Å². The molecule has 2 heterocycles. The van der Waals surface area contributed by atoms with Gasteiger partial charge in [-0.2, -0.15) is 0 Å². The van der Waals surface area contributed by atoms with Gasteiger partial charge in [0.2, 0.25) is 0 Å². The van der Waals surface area contributed by atoms with Crippen LogP contribution < -0.4 is 5.32 Å².